The quantitative estimate of drug-likeness (QED) is 0.0549. The second-order valence-electron chi connectivity index (χ2n) is 22.1. The molecule has 66 heavy (non-hydrogen) atoms. The van der Waals surface area contributed by atoms with E-state index in [1.54, 1.807) is 0 Å². The highest BCUT2D eigenvalue weighted by atomic mass is 15.1. The summed E-state index contributed by atoms with van der Waals surface area (Å²) in [5.41, 5.74) is 13.7. The van der Waals surface area contributed by atoms with Gasteiger partial charge < -0.3 is 0 Å². The molecule has 7 rings (SSSR count). The molecule has 4 aromatic rings. The topological polar surface area (TPSA) is 9.03 Å². The third-order valence-corrected chi connectivity index (χ3v) is 16.3. The first kappa shape index (κ1) is 53.1. The fourth-order valence-corrected chi connectivity index (χ4v) is 11.1. The van der Waals surface area contributed by atoms with Gasteiger partial charge in [-0.1, -0.05) is 185 Å². The Morgan fingerprint density at radius 1 is 0.409 bits per heavy atom. The van der Waals surface area contributed by atoms with E-state index in [0.717, 1.165) is 19.0 Å². The molecule has 0 amide bonds. The van der Waals surface area contributed by atoms with Crippen LogP contribution in [0.1, 0.15) is 222 Å². The molecule has 4 aromatic carbocycles. The summed E-state index contributed by atoms with van der Waals surface area (Å²) in [4.78, 5) is 0. The highest BCUT2D eigenvalue weighted by molar-refractivity contribution is 6.01. The molecule has 0 aromatic heterocycles. The summed E-state index contributed by atoms with van der Waals surface area (Å²) in [7, 11) is 0. The molecule has 0 bridgehead atoms. The third kappa shape index (κ3) is 12.6. The maximum atomic E-state index is 2.60. The first-order chi connectivity index (χ1) is 31.6. The Labute approximate surface area is 405 Å². The van der Waals surface area contributed by atoms with Gasteiger partial charge in [-0.15, -0.1) is 0 Å². The van der Waals surface area contributed by atoms with Crippen molar-refractivity contribution in [3.05, 3.63) is 102 Å². The zero-order valence-electron chi connectivity index (χ0n) is 44.9. The molecule has 3 heterocycles. The maximum absolute atomic E-state index is 2.60. The van der Waals surface area contributed by atoms with E-state index in [-0.39, 0.29) is 16.2 Å². The fourth-order valence-electron chi connectivity index (χ4n) is 11.1. The van der Waals surface area contributed by atoms with Gasteiger partial charge in [-0.25, -0.2) is 0 Å². The van der Waals surface area contributed by atoms with Crippen LogP contribution in [0.3, 0.4) is 0 Å². The second kappa shape index (κ2) is 25.0. The number of rotatable bonds is 22. The standard InChI is InChI=1S/C29H50N.C19H24N.C15H22N/c1-6-7-8-9-10-11-12-13-14-15-16-17-18-21-25(2)24-30-26(3)29(4,5)27-22-19-20-23-28(27)30;1-5-6-13-20-14(2)19(3,4)18-16-10-8-7-9-15(16)11-12-17(18)20;1-5-6-11-16-12(2)15(3,4)13-9-7-8-10-14(13)16/h19-20,22-23,25H,6-18,21,24H2,1-5H3;7-12H,5-6,13H2,1-4H3;7-10H,5-6,11H2,1-4H3/q3*+1. The molecule has 0 N–H and O–H groups in total. The molecule has 0 spiro atoms. The lowest BCUT2D eigenvalue weighted by Gasteiger charge is -2.17. The Bertz CT molecular complexity index is 2260. The van der Waals surface area contributed by atoms with E-state index in [2.05, 4.69) is 189 Å². The molecule has 0 saturated carbocycles. The van der Waals surface area contributed by atoms with Crippen molar-refractivity contribution in [3.63, 3.8) is 0 Å². The average molecular weight is 895 g/mol. The summed E-state index contributed by atoms with van der Waals surface area (Å²) >= 11 is 0. The summed E-state index contributed by atoms with van der Waals surface area (Å²) in [6.45, 7) is 33.7. The average Bonchev–Trinajstić information content (AvgIpc) is 3.73. The monoisotopic (exact) mass is 895 g/mol. The number of hydrogen-bond donors (Lipinski definition) is 0. The number of hydrogen-bond acceptors (Lipinski definition) is 0. The van der Waals surface area contributed by atoms with Gasteiger partial charge in [0.15, 0.2) is 23.7 Å². The van der Waals surface area contributed by atoms with Crippen molar-refractivity contribution in [1.29, 1.82) is 0 Å². The predicted molar refractivity (Wildman–Crippen MR) is 292 cm³/mol. The van der Waals surface area contributed by atoms with Crippen molar-refractivity contribution < 1.29 is 13.7 Å². The van der Waals surface area contributed by atoms with Gasteiger partial charge >= 0.3 is 0 Å². The van der Waals surface area contributed by atoms with Gasteiger partial charge in [-0.05, 0) is 64.8 Å². The molecule has 360 valence electrons. The van der Waals surface area contributed by atoms with Gasteiger partial charge in [-0.2, -0.15) is 13.7 Å². The van der Waals surface area contributed by atoms with Crippen LogP contribution in [-0.4, -0.2) is 50.5 Å². The van der Waals surface area contributed by atoms with E-state index < -0.39 is 0 Å². The molecule has 3 aliphatic heterocycles. The lowest BCUT2D eigenvalue weighted by Crippen LogP contribution is -2.27. The van der Waals surface area contributed by atoms with Crippen molar-refractivity contribution in [2.24, 2.45) is 5.92 Å². The summed E-state index contributed by atoms with van der Waals surface area (Å²) < 4.78 is 7.63. The zero-order chi connectivity index (χ0) is 47.9. The molecule has 0 fully saturated rings. The Balaban J connectivity index is 0.000000196. The van der Waals surface area contributed by atoms with Gasteiger partial charge in [0.1, 0.15) is 13.1 Å². The van der Waals surface area contributed by atoms with Crippen LogP contribution in [0.5, 0.6) is 0 Å². The van der Waals surface area contributed by atoms with E-state index in [0.29, 0.717) is 0 Å². The Morgan fingerprint density at radius 2 is 0.818 bits per heavy atom. The molecular weight excluding hydrogens is 799 g/mol. The van der Waals surface area contributed by atoms with Crippen LogP contribution >= 0.6 is 0 Å². The number of nitrogens with zero attached hydrogens (tertiary/aromatic N) is 3. The number of benzene rings is 4. The Hall–Kier alpha value is -3.85. The van der Waals surface area contributed by atoms with E-state index in [1.807, 2.05) is 0 Å². The second-order valence-corrected chi connectivity index (χ2v) is 22.1. The fraction of sp³-hybridized carbons (Fsp3) is 0.603. The molecule has 0 saturated heterocycles. The van der Waals surface area contributed by atoms with Gasteiger partial charge in [-0.3, -0.25) is 0 Å². The van der Waals surface area contributed by atoms with Crippen molar-refractivity contribution in [2.75, 3.05) is 19.6 Å². The minimum atomic E-state index is 0.129. The molecular formula is C63H96N3+3. The maximum Gasteiger partial charge on any atom is 0.210 e. The van der Waals surface area contributed by atoms with E-state index in [4.69, 9.17) is 0 Å². The minimum absolute atomic E-state index is 0.129. The van der Waals surface area contributed by atoms with Crippen LogP contribution in [-0.2, 0) is 16.2 Å². The lowest BCUT2D eigenvalue weighted by molar-refractivity contribution is -0.447. The SMILES string of the molecule is CCCCCCCCCCCCCCCC(C)C[N+]1=C(C)C(C)(C)c2ccccc21.CCCC[N+]1=C(C)C(C)(C)c2c1ccc1ccccc21.CCCC[N+]1=C(C)C(C)(C)c2ccccc21. The Morgan fingerprint density at radius 3 is 1.35 bits per heavy atom. The van der Waals surface area contributed by atoms with Crippen molar-refractivity contribution in [3.8, 4) is 0 Å². The molecule has 1 unspecified atom stereocenters. The summed E-state index contributed by atoms with van der Waals surface area (Å²) in [5.74, 6) is 0.759. The largest absolute Gasteiger partial charge is 0.210 e. The van der Waals surface area contributed by atoms with Crippen molar-refractivity contribution in [1.82, 2.24) is 0 Å². The summed E-state index contributed by atoms with van der Waals surface area (Å²) in [6.07, 6.45) is 25.1. The van der Waals surface area contributed by atoms with E-state index >= 15 is 0 Å². The molecule has 0 radical (unpaired) electrons. The van der Waals surface area contributed by atoms with Gasteiger partial charge in [0.25, 0.3) is 0 Å². The van der Waals surface area contributed by atoms with Crippen LogP contribution in [0.4, 0.5) is 17.1 Å². The zero-order valence-corrected chi connectivity index (χ0v) is 44.9. The van der Waals surface area contributed by atoms with Gasteiger partial charge in [0.2, 0.25) is 17.1 Å². The van der Waals surface area contributed by atoms with E-state index in [9.17, 15) is 0 Å². The number of unbranched alkanes of at least 4 members (excludes halogenated alkanes) is 14. The molecule has 1 atom stereocenters. The highest BCUT2D eigenvalue weighted by Gasteiger charge is 2.45. The minimum Gasteiger partial charge on any atom is -0.199 e. The van der Waals surface area contributed by atoms with Gasteiger partial charge in [0.05, 0.1) is 16.2 Å². The highest BCUT2D eigenvalue weighted by Crippen LogP contribution is 2.44. The first-order valence-electron chi connectivity index (χ1n) is 27.2. The summed E-state index contributed by atoms with van der Waals surface area (Å²) in [6, 6.07) is 31.2. The third-order valence-electron chi connectivity index (χ3n) is 16.3. The molecule has 0 aliphatic carbocycles. The van der Waals surface area contributed by atoms with Crippen LogP contribution < -0.4 is 0 Å². The van der Waals surface area contributed by atoms with Crippen molar-refractivity contribution in [2.45, 2.75) is 222 Å². The molecule has 3 nitrogen and oxygen atoms in total. The summed E-state index contributed by atoms with van der Waals surface area (Å²) in [5, 5.41) is 2.76. The van der Waals surface area contributed by atoms with E-state index in [1.165, 1.54) is 184 Å². The molecule has 3 heteroatoms. The van der Waals surface area contributed by atoms with Crippen LogP contribution in [0.25, 0.3) is 10.8 Å². The molecule has 3 aliphatic rings. The smallest absolute Gasteiger partial charge is 0.199 e. The number of fused-ring (bicyclic) bond motifs is 5. The predicted octanol–water partition coefficient (Wildman–Crippen LogP) is 18.1. The number of para-hydroxylation sites is 2. The normalized spacial score (nSPS) is 16.7. The van der Waals surface area contributed by atoms with Crippen LogP contribution in [0.15, 0.2) is 84.9 Å². The Kier molecular flexibility index (Phi) is 20.1. The lowest BCUT2D eigenvalue weighted by atomic mass is 9.80. The van der Waals surface area contributed by atoms with Crippen LogP contribution in [0, 0.1) is 5.92 Å². The van der Waals surface area contributed by atoms with Crippen LogP contribution in [0.2, 0.25) is 0 Å². The first-order valence-corrected chi connectivity index (χ1v) is 27.2. The van der Waals surface area contributed by atoms with Crippen molar-refractivity contribution >= 4 is 45.0 Å². The van der Waals surface area contributed by atoms with Gasteiger partial charge in [0, 0.05) is 74.4 Å².